The third-order valence-electron chi connectivity index (χ3n) is 8.86. The predicted octanol–water partition coefficient (Wildman–Crippen LogP) is 4.00. The first-order valence-electron chi connectivity index (χ1n) is 16.1. The van der Waals surface area contributed by atoms with Gasteiger partial charge in [0.15, 0.2) is 0 Å². The zero-order valence-corrected chi connectivity index (χ0v) is 26.6. The van der Waals surface area contributed by atoms with Crippen LogP contribution in [-0.4, -0.2) is 57.5 Å². The molecule has 0 amide bonds. The Morgan fingerprint density at radius 1 is 1.02 bits per heavy atom. The lowest BCUT2D eigenvalue weighted by atomic mass is 9.86. The van der Waals surface area contributed by atoms with Gasteiger partial charge < -0.3 is 15.2 Å². The van der Waals surface area contributed by atoms with Crippen molar-refractivity contribution in [2.24, 2.45) is 5.92 Å². The fourth-order valence-electron chi connectivity index (χ4n) is 6.27. The van der Waals surface area contributed by atoms with Crippen molar-refractivity contribution in [2.75, 3.05) is 17.8 Å². The van der Waals surface area contributed by atoms with E-state index in [9.17, 15) is 18.3 Å². The third kappa shape index (κ3) is 7.83. The van der Waals surface area contributed by atoms with Crippen LogP contribution in [0.3, 0.4) is 0 Å². The number of nitrogens with zero attached hydrogens (tertiary/aromatic N) is 5. The smallest absolute Gasteiger partial charge is 0.368 e. The molecule has 0 saturated heterocycles. The van der Waals surface area contributed by atoms with E-state index in [0.29, 0.717) is 49.6 Å². The second kappa shape index (κ2) is 14.6. The van der Waals surface area contributed by atoms with Gasteiger partial charge in [-0.15, -0.1) is 0 Å². The van der Waals surface area contributed by atoms with Crippen LogP contribution in [0.5, 0.6) is 5.75 Å². The molecule has 6 rings (SSSR count). The molecule has 46 heavy (non-hydrogen) atoms. The highest BCUT2D eigenvalue weighted by atomic mass is 32.2. The zero-order valence-electron chi connectivity index (χ0n) is 25.8. The van der Waals surface area contributed by atoms with E-state index in [1.807, 2.05) is 6.07 Å². The Bertz CT molecular complexity index is 1750. The van der Waals surface area contributed by atoms with E-state index in [1.165, 1.54) is 47.5 Å². The van der Waals surface area contributed by atoms with Crippen LogP contribution < -0.4 is 20.5 Å². The number of pyridine rings is 1. The van der Waals surface area contributed by atoms with Gasteiger partial charge in [-0.25, -0.2) is 13.2 Å². The summed E-state index contributed by atoms with van der Waals surface area (Å²) in [5.41, 5.74) is 2.14. The zero-order chi connectivity index (χ0) is 31.9. The van der Waals surface area contributed by atoms with Crippen molar-refractivity contribution in [2.45, 2.75) is 81.4 Å². The van der Waals surface area contributed by atoms with Crippen LogP contribution >= 0.6 is 0 Å². The maximum absolute atomic E-state index is 13.2. The first-order valence-corrected chi connectivity index (χ1v) is 17.6. The maximum Gasteiger partial charge on any atom is 0.368 e. The van der Waals surface area contributed by atoms with E-state index in [1.54, 1.807) is 54.9 Å². The highest BCUT2D eigenvalue weighted by Crippen LogP contribution is 2.31. The molecule has 2 aliphatic rings. The molecule has 244 valence electrons. The van der Waals surface area contributed by atoms with Crippen molar-refractivity contribution in [1.29, 1.82) is 0 Å². The average molecular weight is 648 g/mol. The Hall–Kier alpha value is -4.07. The summed E-state index contributed by atoms with van der Waals surface area (Å²) in [6.45, 7) is 1.46. The number of fused-ring (bicyclic) bond motifs is 1. The molecule has 0 spiro atoms. The van der Waals surface area contributed by atoms with Gasteiger partial charge in [-0.2, -0.15) is 9.36 Å². The van der Waals surface area contributed by atoms with Gasteiger partial charge in [-0.05, 0) is 96.1 Å². The Kier molecular flexibility index (Phi) is 10.1. The number of aryl methyl sites for hydroxylation is 2. The van der Waals surface area contributed by atoms with E-state index in [4.69, 9.17) is 4.74 Å². The minimum absolute atomic E-state index is 0.0941. The van der Waals surface area contributed by atoms with Gasteiger partial charge in [0, 0.05) is 43.3 Å². The number of sulfonamides is 1. The van der Waals surface area contributed by atoms with Gasteiger partial charge in [-0.3, -0.25) is 9.71 Å². The second-order valence-corrected chi connectivity index (χ2v) is 13.9. The van der Waals surface area contributed by atoms with Crippen LogP contribution in [-0.2, 0) is 23.0 Å². The number of hydrogen-bond acceptors (Lipinski definition) is 9. The highest BCUT2D eigenvalue weighted by Gasteiger charge is 2.23. The van der Waals surface area contributed by atoms with E-state index in [0.717, 1.165) is 29.9 Å². The number of benzene rings is 2. The van der Waals surface area contributed by atoms with Crippen molar-refractivity contribution < 1.29 is 18.3 Å². The molecule has 1 unspecified atom stereocenters. The summed E-state index contributed by atoms with van der Waals surface area (Å²) in [7, 11) is -3.86. The quantitative estimate of drug-likeness (QED) is 0.195. The number of rotatable bonds is 13. The van der Waals surface area contributed by atoms with Crippen LogP contribution in [0, 0.1) is 5.92 Å². The summed E-state index contributed by atoms with van der Waals surface area (Å²) in [6, 6.07) is 15.0. The third-order valence-corrected chi connectivity index (χ3v) is 10.2. The Labute approximate surface area is 268 Å². The van der Waals surface area contributed by atoms with Crippen molar-refractivity contribution >= 4 is 15.7 Å². The molecular weight excluding hydrogens is 606 g/mol. The Balaban J connectivity index is 1.01. The monoisotopic (exact) mass is 647 g/mol. The fourth-order valence-corrected chi connectivity index (χ4v) is 7.38. The minimum atomic E-state index is -3.86. The lowest BCUT2D eigenvalue weighted by molar-refractivity contribution is 0.146. The van der Waals surface area contributed by atoms with Gasteiger partial charge in [0.1, 0.15) is 11.9 Å². The second-order valence-electron chi connectivity index (χ2n) is 12.2. The van der Waals surface area contributed by atoms with Crippen molar-refractivity contribution in [1.82, 2.24) is 30.1 Å². The molecule has 2 aromatic carbocycles. The molecule has 2 atom stereocenters. The number of ether oxygens (including phenoxy) is 1. The lowest BCUT2D eigenvalue weighted by Crippen LogP contribution is -2.36. The van der Waals surface area contributed by atoms with Crippen molar-refractivity contribution in [3.63, 3.8) is 0 Å². The molecule has 1 aliphatic carbocycles. The van der Waals surface area contributed by atoms with Gasteiger partial charge in [-0.1, -0.05) is 38.2 Å². The molecule has 0 bridgehead atoms. The molecule has 0 radical (unpaired) electrons. The largest absolute Gasteiger partial charge is 0.489 e. The average Bonchev–Trinajstić information content (AvgIpc) is 3.45. The number of hydrogen-bond donors (Lipinski definition) is 3. The molecule has 13 heteroatoms. The molecule has 12 nitrogen and oxygen atoms in total. The summed E-state index contributed by atoms with van der Waals surface area (Å²) >= 11 is 0. The Morgan fingerprint density at radius 3 is 2.63 bits per heavy atom. The molecule has 3 heterocycles. The number of aliphatic hydroxyl groups is 1. The molecular formula is C33H41N7O5S. The number of aliphatic hydroxyl groups excluding tert-OH is 1. The summed E-state index contributed by atoms with van der Waals surface area (Å²) in [4.78, 5) is 17.1. The summed E-state index contributed by atoms with van der Waals surface area (Å²) < 4.78 is 37.8. The number of nitrogens with one attached hydrogen (secondary N) is 2. The summed E-state index contributed by atoms with van der Waals surface area (Å²) in [6.07, 6.45) is 12.4. The van der Waals surface area contributed by atoms with Crippen molar-refractivity contribution in [3.8, 4) is 11.4 Å². The fraction of sp³-hybridized carbons (Fsp3) is 0.455. The molecule has 2 aromatic heterocycles. The van der Waals surface area contributed by atoms with Gasteiger partial charge in [0.05, 0.1) is 16.7 Å². The van der Waals surface area contributed by atoms with Gasteiger partial charge in [0.25, 0.3) is 10.0 Å². The summed E-state index contributed by atoms with van der Waals surface area (Å²) in [5, 5.41) is 21.7. The summed E-state index contributed by atoms with van der Waals surface area (Å²) in [5.74, 6) is 1.40. The first kappa shape index (κ1) is 31.9. The van der Waals surface area contributed by atoms with Crippen molar-refractivity contribution in [3.05, 3.63) is 88.6 Å². The lowest BCUT2D eigenvalue weighted by Gasteiger charge is -2.27. The number of tetrazole rings is 1. The molecule has 3 N–H and O–H groups in total. The molecule has 4 aromatic rings. The minimum Gasteiger partial charge on any atom is -0.489 e. The SMILES string of the molecule is O=c1n(CCCC2CCCCC2)nnn1-c1ccc(NS(=O)(=O)c2ccc3c(c2)CCC(CNC[C@H](O)c2cccnc2)O3)cc1. The first-order chi connectivity index (χ1) is 22.4. The van der Waals surface area contributed by atoms with Crippen LogP contribution in [0.1, 0.15) is 68.6 Å². The normalized spacial score (nSPS) is 17.6. The molecule has 1 fully saturated rings. The van der Waals surface area contributed by atoms with E-state index < -0.39 is 16.1 Å². The standard InChI is InChI=1S/C33H41N7O5S/c41-31(26-9-4-18-34-21-26)23-35-22-29-15-10-25-20-30(16-17-32(25)45-29)46(43,44)36-27-11-13-28(14-12-27)40-33(42)39(37-38-40)19-5-8-24-6-2-1-3-7-24/h4,9,11-14,16-18,20-21,24,29,31,35-36,41H,1-3,5-8,10,15,19,22-23H2/t29?,31-/m0/s1. The van der Waals surface area contributed by atoms with E-state index >= 15 is 0 Å². The van der Waals surface area contributed by atoms with Crippen LogP contribution in [0.2, 0.25) is 0 Å². The van der Waals surface area contributed by atoms with Gasteiger partial charge >= 0.3 is 5.69 Å². The topological polar surface area (TPSA) is 153 Å². The molecule has 1 saturated carbocycles. The molecule has 1 aliphatic heterocycles. The number of aromatic nitrogens is 5. The van der Waals surface area contributed by atoms with Crippen LogP contribution in [0.4, 0.5) is 5.69 Å². The Morgan fingerprint density at radius 2 is 1.85 bits per heavy atom. The van der Waals surface area contributed by atoms with Crippen LogP contribution in [0.25, 0.3) is 5.69 Å². The van der Waals surface area contributed by atoms with E-state index in [2.05, 4.69) is 25.4 Å². The maximum atomic E-state index is 13.2. The predicted molar refractivity (Wildman–Crippen MR) is 173 cm³/mol. The van der Waals surface area contributed by atoms with E-state index in [-0.39, 0.29) is 16.7 Å². The number of anilines is 1. The van der Waals surface area contributed by atoms with Gasteiger partial charge in [0.2, 0.25) is 0 Å². The van der Waals surface area contributed by atoms with Crippen LogP contribution in [0.15, 0.2) is 76.7 Å². The highest BCUT2D eigenvalue weighted by molar-refractivity contribution is 7.92.